The topological polar surface area (TPSA) is 99.2 Å². The highest BCUT2D eigenvalue weighted by Gasteiger charge is 2.28. The van der Waals surface area contributed by atoms with Crippen LogP contribution in [-0.2, 0) is 9.53 Å². The van der Waals surface area contributed by atoms with Gasteiger partial charge in [-0.25, -0.2) is 9.67 Å². The molecule has 0 bridgehead atoms. The number of benzene rings is 1. The molecular formula is C24H26N6O2S. The first-order valence-electron chi connectivity index (χ1n) is 11.1. The van der Waals surface area contributed by atoms with Gasteiger partial charge in [0.25, 0.3) is 0 Å². The molecule has 9 heteroatoms. The lowest BCUT2D eigenvalue weighted by molar-refractivity contribution is -0.148. The Labute approximate surface area is 196 Å². The number of anilines is 2. The maximum absolute atomic E-state index is 12.1. The van der Waals surface area contributed by atoms with E-state index in [1.165, 1.54) is 0 Å². The first-order valence-corrected chi connectivity index (χ1v) is 12.0. The summed E-state index contributed by atoms with van der Waals surface area (Å²) in [5.74, 6) is 0.948. The number of aromatic nitrogens is 4. The Hall–Kier alpha value is -3.46. The van der Waals surface area contributed by atoms with E-state index in [2.05, 4.69) is 4.90 Å². The van der Waals surface area contributed by atoms with Gasteiger partial charge >= 0.3 is 5.97 Å². The van der Waals surface area contributed by atoms with Gasteiger partial charge in [0, 0.05) is 13.1 Å². The molecule has 33 heavy (non-hydrogen) atoms. The zero-order valence-electron chi connectivity index (χ0n) is 18.7. The molecule has 0 unspecified atom stereocenters. The van der Waals surface area contributed by atoms with Gasteiger partial charge in [0.15, 0.2) is 5.65 Å². The van der Waals surface area contributed by atoms with Crippen molar-refractivity contribution in [1.29, 1.82) is 0 Å². The molecule has 0 atom stereocenters. The number of nitrogens with zero attached hydrogens (tertiary/aromatic N) is 5. The summed E-state index contributed by atoms with van der Waals surface area (Å²) >= 11 is 1.61. The molecule has 1 saturated heterocycles. The van der Waals surface area contributed by atoms with E-state index in [0.717, 1.165) is 27.2 Å². The number of nitrogen functional groups attached to an aromatic ring is 1. The Morgan fingerprint density at radius 3 is 2.73 bits per heavy atom. The number of esters is 1. The van der Waals surface area contributed by atoms with Crippen molar-refractivity contribution in [2.45, 2.75) is 26.7 Å². The lowest BCUT2D eigenvalue weighted by atomic mass is 9.97. The molecule has 2 N–H and O–H groups in total. The molecule has 1 fully saturated rings. The smallest absolute Gasteiger partial charge is 0.309 e. The van der Waals surface area contributed by atoms with Crippen LogP contribution >= 0.6 is 11.3 Å². The Balaban J connectivity index is 1.56. The van der Waals surface area contributed by atoms with Gasteiger partial charge in [-0.1, -0.05) is 18.2 Å². The number of aryl methyl sites for hydroxylation is 1. The second-order valence-corrected chi connectivity index (χ2v) is 9.15. The van der Waals surface area contributed by atoms with Crippen LogP contribution in [0.25, 0.3) is 27.3 Å². The minimum Gasteiger partial charge on any atom is -0.466 e. The van der Waals surface area contributed by atoms with E-state index in [4.69, 9.17) is 25.5 Å². The minimum atomic E-state index is -0.113. The summed E-state index contributed by atoms with van der Waals surface area (Å²) in [6.45, 7) is 5.66. The summed E-state index contributed by atoms with van der Waals surface area (Å²) in [6.07, 6.45) is 1.43. The van der Waals surface area contributed by atoms with Crippen LogP contribution in [0, 0.1) is 12.8 Å². The highest BCUT2D eigenvalue weighted by molar-refractivity contribution is 7.13. The van der Waals surface area contributed by atoms with Crippen molar-refractivity contribution in [3.8, 4) is 16.3 Å². The third-order valence-corrected chi connectivity index (χ3v) is 6.83. The van der Waals surface area contributed by atoms with Crippen molar-refractivity contribution in [2.75, 3.05) is 30.3 Å². The van der Waals surface area contributed by atoms with E-state index in [0.29, 0.717) is 50.0 Å². The van der Waals surface area contributed by atoms with Gasteiger partial charge in [0.05, 0.1) is 34.2 Å². The molecule has 0 amide bonds. The number of rotatable bonds is 5. The van der Waals surface area contributed by atoms with Crippen LogP contribution in [0.5, 0.6) is 0 Å². The van der Waals surface area contributed by atoms with Crippen molar-refractivity contribution >= 4 is 40.1 Å². The van der Waals surface area contributed by atoms with Crippen LogP contribution in [0.3, 0.4) is 0 Å². The number of hydrogen-bond acceptors (Lipinski definition) is 8. The molecule has 0 saturated carbocycles. The lowest BCUT2D eigenvalue weighted by Gasteiger charge is -2.30. The monoisotopic (exact) mass is 462 g/mol. The van der Waals surface area contributed by atoms with E-state index >= 15 is 0 Å². The third-order valence-electron chi connectivity index (χ3n) is 5.96. The van der Waals surface area contributed by atoms with Crippen LogP contribution < -0.4 is 10.6 Å². The molecule has 3 aromatic heterocycles. The second kappa shape index (κ2) is 8.82. The standard InChI is InChI=1S/C24H26N6O2S/c1-3-32-23(31)16-9-11-29(12-10-16)24-26-20(18-8-5-13-33-18)19-21(25)30(28-22(19)27-24)17-7-4-6-15(2)14-17/h4-8,13-14,16H,3,9-12,25H2,1-2H3. The van der Waals surface area contributed by atoms with Crippen LogP contribution in [0.2, 0.25) is 0 Å². The maximum Gasteiger partial charge on any atom is 0.309 e. The number of nitrogens with two attached hydrogens (primary N) is 1. The molecule has 8 nitrogen and oxygen atoms in total. The molecule has 0 aliphatic carbocycles. The number of hydrogen-bond donors (Lipinski definition) is 1. The molecule has 170 valence electrons. The summed E-state index contributed by atoms with van der Waals surface area (Å²) in [7, 11) is 0. The Kier molecular flexibility index (Phi) is 5.72. The fourth-order valence-electron chi connectivity index (χ4n) is 4.26. The summed E-state index contributed by atoms with van der Waals surface area (Å²) in [6, 6.07) is 12.1. The van der Waals surface area contributed by atoms with Crippen molar-refractivity contribution in [1.82, 2.24) is 19.7 Å². The highest BCUT2D eigenvalue weighted by Crippen LogP contribution is 2.36. The average Bonchev–Trinajstić information content (AvgIpc) is 3.47. The zero-order chi connectivity index (χ0) is 22.9. The van der Waals surface area contributed by atoms with Gasteiger partial charge < -0.3 is 15.4 Å². The number of ether oxygens (including phenoxy) is 1. The quantitative estimate of drug-likeness (QED) is 0.444. The summed E-state index contributed by atoms with van der Waals surface area (Å²) in [5, 5.41) is 7.54. The molecule has 0 radical (unpaired) electrons. The molecule has 4 heterocycles. The van der Waals surface area contributed by atoms with Crippen molar-refractivity contribution < 1.29 is 9.53 Å². The van der Waals surface area contributed by atoms with Crippen LogP contribution in [0.1, 0.15) is 25.3 Å². The van der Waals surface area contributed by atoms with Crippen LogP contribution in [-0.4, -0.2) is 45.4 Å². The Bertz CT molecular complexity index is 1290. The molecule has 1 aliphatic rings. The SMILES string of the molecule is CCOC(=O)C1CCN(c2nc(-c3cccs3)c3c(N)n(-c4cccc(C)c4)nc3n2)CC1. The summed E-state index contributed by atoms with van der Waals surface area (Å²) in [4.78, 5) is 25.0. The van der Waals surface area contributed by atoms with Gasteiger partial charge in [-0.2, -0.15) is 4.98 Å². The second-order valence-electron chi connectivity index (χ2n) is 8.20. The predicted molar refractivity (Wildman–Crippen MR) is 131 cm³/mol. The van der Waals surface area contributed by atoms with Crippen LogP contribution in [0.15, 0.2) is 41.8 Å². The van der Waals surface area contributed by atoms with E-state index in [1.807, 2.05) is 55.6 Å². The summed E-state index contributed by atoms with van der Waals surface area (Å²) in [5.41, 5.74) is 9.96. The number of carbonyl (C=O) groups excluding carboxylic acids is 1. The fraction of sp³-hybridized carbons (Fsp3) is 0.333. The van der Waals surface area contributed by atoms with E-state index in [1.54, 1.807) is 16.0 Å². The van der Waals surface area contributed by atoms with Gasteiger partial charge in [0.2, 0.25) is 5.95 Å². The largest absolute Gasteiger partial charge is 0.466 e. The molecular weight excluding hydrogens is 436 g/mol. The first-order chi connectivity index (χ1) is 16.0. The average molecular weight is 463 g/mol. The predicted octanol–water partition coefficient (Wildman–Crippen LogP) is 4.21. The van der Waals surface area contributed by atoms with Crippen molar-refractivity contribution in [2.24, 2.45) is 5.92 Å². The van der Waals surface area contributed by atoms with Gasteiger partial charge in [0.1, 0.15) is 5.82 Å². The fourth-order valence-corrected chi connectivity index (χ4v) is 4.99. The highest BCUT2D eigenvalue weighted by atomic mass is 32.1. The van der Waals surface area contributed by atoms with E-state index in [9.17, 15) is 4.79 Å². The number of piperidine rings is 1. The first kappa shape index (κ1) is 21.4. The molecule has 4 aromatic rings. The van der Waals surface area contributed by atoms with Crippen molar-refractivity contribution in [3.05, 3.63) is 47.3 Å². The maximum atomic E-state index is 12.1. The van der Waals surface area contributed by atoms with Crippen molar-refractivity contribution in [3.63, 3.8) is 0 Å². The third kappa shape index (κ3) is 4.04. The van der Waals surface area contributed by atoms with Gasteiger partial charge in [-0.05, 0) is 55.8 Å². The lowest BCUT2D eigenvalue weighted by Crippen LogP contribution is -2.38. The Morgan fingerprint density at radius 1 is 1.21 bits per heavy atom. The molecule has 0 spiro atoms. The van der Waals surface area contributed by atoms with Gasteiger partial charge in [-0.3, -0.25) is 4.79 Å². The summed E-state index contributed by atoms with van der Waals surface area (Å²) < 4.78 is 6.94. The number of thiophene rings is 1. The number of carbonyl (C=O) groups is 1. The molecule has 5 rings (SSSR count). The van der Waals surface area contributed by atoms with E-state index in [-0.39, 0.29) is 11.9 Å². The normalized spacial score (nSPS) is 14.7. The van der Waals surface area contributed by atoms with Crippen LogP contribution in [0.4, 0.5) is 11.8 Å². The molecule has 1 aromatic carbocycles. The van der Waals surface area contributed by atoms with E-state index < -0.39 is 0 Å². The minimum absolute atomic E-state index is 0.0714. The number of fused-ring (bicyclic) bond motifs is 1. The van der Waals surface area contributed by atoms with Gasteiger partial charge in [-0.15, -0.1) is 16.4 Å². The Morgan fingerprint density at radius 2 is 2.03 bits per heavy atom. The molecule has 1 aliphatic heterocycles. The zero-order valence-corrected chi connectivity index (χ0v) is 19.5.